The maximum Gasteiger partial charge on any atom is 0.170 e. The number of benzene rings is 1. The molecule has 112 valence electrons. The van der Waals surface area contributed by atoms with Gasteiger partial charge in [0.2, 0.25) is 0 Å². The molecule has 0 saturated heterocycles. The summed E-state index contributed by atoms with van der Waals surface area (Å²) in [6.45, 7) is 6.87. The highest BCUT2D eigenvalue weighted by Crippen LogP contribution is 2.11. The highest BCUT2D eigenvalue weighted by atomic mass is 16.5. The van der Waals surface area contributed by atoms with E-state index in [0.717, 1.165) is 18.8 Å². The number of hydrogen-bond donors (Lipinski definition) is 3. The van der Waals surface area contributed by atoms with Gasteiger partial charge in [-0.15, -0.1) is 0 Å². The molecule has 20 heavy (non-hydrogen) atoms. The number of nitrogens with two attached hydrogens (primary N) is 1. The third-order valence-corrected chi connectivity index (χ3v) is 2.54. The zero-order chi connectivity index (χ0) is 14.8. The summed E-state index contributed by atoms with van der Waals surface area (Å²) in [5, 5.41) is 14.7. The van der Waals surface area contributed by atoms with Gasteiger partial charge in [0.05, 0.1) is 12.7 Å². The predicted molar refractivity (Wildman–Crippen MR) is 78.4 cm³/mol. The highest BCUT2D eigenvalue weighted by molar-refractivity contribution is 5.97. The van der Waals surface area contributed by atoms with E-state index in [1.165, 1.54) is 0 Å². The molecule has 1 rings (SSSR count). The number of nitrogens with zero attached hydrogens (tertiary/aromatic N) is 1. The number of amidine groups is 1. The Balaban J connectivity index is 2.16. The number of oxime groups is 1. The molecule has 6 heteroatoms. The van der Waals surface area contributed by atoms with Crippen LogP contribution in [-0.4, -0.2) is 43.5 Å². The van der Waals surface area contributed by atoms with Gasteiger partial charge in [0.15, 0.2) is 5.84 Å². The van der Waals surface area contributed by atoms with Crippen LogP contribution in [0.5, 0.6) is 5.75 Å². The van der Waals surface area contributed by atoms with Crippen LogP contribution in [0, 0.1) is 0 Å². The lowest BCUT2D eigenvalue weighted by Gasteiger charge is -2.09. The van der Waals surface area contributed by atoms with Crippen molar-refractivity contribution in [3.05, 3.63) is 29.8 Å². The van der Waals surface area contributed by atoms with E-state index in [1.807, 2.05) is 13.8 Å². The zero-order valence-corrected chi connectivity index (χ0v) is 12.0. The van der Waals surface area contributed by atoms with Crippen molar-refractivity contribution in [2.75, 3.05) is 26.3 Å². The molecule has 0 bridgehead atoms. The second-order valence-corrected chi connectivity index (χ2v) is 4.53. The molecule has 0 heterocycles. The van der Waals surface area contributed by atoms with Crippen LogP contribution in [0.3, 0.4) is 0 Å². The fourth-order valence-corrected chi connectivity index (χ4v) is 1.51. The number of nitrogens with one attached hydrogen (secondary N) is 1. The second kappa shape index (κ2) is 9.17. The molecule has 0 aliphatic rings. The molecule has 0 fully saturated rings. The molecule has 0 saturated carbocycles. The van der Waals surface area contributed by atoms with E-state index in [2.05, 4.69) is 10.5 Å². The van der Waals surface area contributed by atoms with Gasteiger partial charge in [0.25, 0.3) is 0 Å². The summed E-state index contributed by atoms with van der Waals surface area (Å²) >= 11 is 0. The Morgan fingerprint density at radius 1 is 1.25 bits per heavy atom. The van der Waals surface area contributed by atoms with E-state index in [1.54, 1.807) is 24.3 Å². The molecule has 4 N–H and O–H groups in total. The minimum absolute atomic E-state index is 0.0865. The Kier molecular flexibility index (Phi) is 7.46. The first-order chi connectivity index (χ1) is 9.63. The van der Waals surface area contributed by atoms with E-state index >= 15 is 0 Å². The van der Waals surface area contributed by atoms with Crippen molar-refractivity contribution in [2.24, 2.45) is 10.9 Å². The molecular formula is C14H23N3O3. The van der Waals surface area contributed by atoms with Crippen LogP contribution >= 0.6 is 0 Å². The SMILES string of the molecule is CC(C)OCCNCCOc1ccc(/C(N)=N/O)cc1. The van der Waals surface area contributed by atoms with E-state index in [4.69, 9.17) is 20.4 Å². The molecular weight excluding hydrogens is 258 g/mol. The maximum absolute atomic E-state index is 8.55. The molecule has 0 atom stereocenters. The second-order valence-electron chi connectivity index (χ2n) is 4.53. The van der Waals surface area contributed by atoms with E-state index in [0.29, 0.717) is 18.8 Å². The van der Waals surface area contributed by atoms with E-state index in [9.17, 15) is 0 Å². The van der Waals surface area contributed by atoms with E-state index < -0.39 is 0 Å². The standard InChI is InChI=1S/C14H23N3O3/c1-11(2)19-9-7-16-8-10-20-13-5-3-12(4-6-13)14(15)17-18/h3-6,11,16,18H,7-10H2,1-2H3,(H2,15,17). The van der Waals surface area contributed by atoms with Gasteiger partial charge in [-0.2, -0.15) is 0 Å². The zero-order valence-electron chi connectivity index (χ0n) is 12.0. The summed E-state index contributed by atoms with van der Waals surface area (Å²) in [5.74, 6) is 0.836. The first kappa shape index (κ1) is 16.3. The first-order valence-corrected chi connectivity index (χ1v) is 6.66. The lowest BCUT2D eigenvalue weighted by molar-refractivity contribution is 0.0804. The summed E-state index contributed by atoms with van der Waals surface area (Å²) in [6.07, 6.45) is 0.265. The van der Waals surface area contributed by atoms with Gasteiger partial charge in [-0.3, -0.25) is 0 Å². The largest absolute Gasteiger partial charge is 0.492 e. The summed E-state index contributed by atoms with van der Waals surface area (Å²) in [5.41, 5.74) is 6.13. The molecule has 0 aliphatic carbocycles. The van der Waals surface area contributed by atoms with Crippen LogP contribution < -0.4 is 15.8 Å². The van der Waals surface area contributed by atoms with Crippen LogP contribution in [0.1, 0.15) is 19.4 Å². The average molecular weight is 281 g/mol. The highest BCUT2D eigenvalue weighted by Gasteiger charge is 1.99. The fourth-order valence-electron chi connectivity index (χ4n) is 1.51. The third kappa shape index (κ3) is 6.40. The predicted octanol–water partition coefficient (Wildman–Crippen LogP) is 1.17. The molecule has 0 aliphatic heterocycles. The minimum Gasteiger partial charge on any atom is -0.492 e. The summed E-state index contributed by atoms with van der Waals surface area (Å²) in [7, 11) is 0. The molecule has 0 spiro atoms. The van der Waals surface area contributed by atoms with Gasteiger partial charge in [-0.05, 0) is 38.1 Å². The van der Waals surface area contributed by atoms with Gasteiger partial charge >= 0.3 is 0 Å². The third-order valence-electron chi connectivity index (χ3n) is 2.54. The summed E-state index contributed by atoms with van der Waals surface area (Å²) < 4.78 is 11.0. The number of hydrogen-bond acceptors (Lipinski definition) is 5. The van der Waals surface area contributed by atoms with Crippen LogP contribution in [0.25, 0.3) is 0 Å². The van der Waals surface area contributed by atoms with Crippen molar-refractivity contribution in [1.82, 2.24) is 5.32 Å². The Bertz CT molecular complexity index is 405. The first-order valence-electron chi connectivity index (χ1n) is 6.66. The molecule has 0 unspecified atom stereocenters. The quantitative estimate of drug-likeness (QED) is 0.208. The molecule has 1 aromatic carbocycles. The molecule has 0 aromatic heterocycles. The number of rotatable bonds is 9. The van der Waals surface area contributed by atoms with Crippen molar-refractivity contribution in [3.63, 3.8) is 0 Å². The lowest BCUT2D eigenvalue weighted by atomic mass is 10.2. The van der Waals surface area contributed by atoms with Crippen LogP contribution in [0.4, 0.5) is 0 Å². The van der Waals surface area contributed by atoms with Crippen molar-refractivity contribution >= 4 is 5.84 Å². The summed E-state index contributed by atoms with van der Waals surface area (Å²) in [6, 6.07) is 7.06. The van der Waals surface area contributed by atoms with Gasteiger partial charge in [-0.25, -0.2) is 0 Å². The van der Waals surface area contributed by atoms with Crippen molar-refractivity contribution < 1.29 is 14.7 Å². The van der Waals surface area contributed by atoms with Gasteiger partial charge in [0, 0.05) is 18.7 Å². The normalized spacial score (nSPS) is 11.8. The molecule has 0 radical (unpaired) electrons. The maximum atomic E-state index is 8.55. The molecule has 0 amide bonds. The topological polar surface area (TPSA) is 89.1 Å². The Morgan fingerprint density at radius 2 is 1.90 bits per heavy atom. The Hall–Kier alpha value is -1.79. The fraction of sp³-hybridized carbons (Fsp3) is 0.500. The monoisotopic (exact) mass is 281 g/mol. The average Bonchev–Trinajstić information content (AvgIpc) is 2.45. The number of ether oxygens (including phenoxy) is 2. The van der Waals surface area contributed by atoms with Crippen LogP contribution in [0.2, 0.25) is 0 Å². The lowest BCUT2D eigenvalue weighted by Crippen LogP contribution is -2.25. The molecule has 1 aromatic rings. The van der Waals surface area contributed by atoms with Crippen LogP contribution in [-0.2, 0) is 4.74 Å². The van der Waals surface area contributed by atoms with Gasteiger partial charge in [-0.1, -0.05) is 5.16 Å². The van der Waals surface area contributed by atoms with Gasteiger partial charge < -0.3 is 25.7 Å². The van der Waals surface area contributed by atoms with E-state index in [-0.39, 0.29) is 11.9 Å². The van der Waals surface area contributed by atoms with Crippen LogP contribution in [0.15, 0.2) is 29.4 Å². The Morgan fingerprint density at radius 3 is 2.50 bits per heavy atom. The van der Waals surface area contributed by atoms with Crippen molar-refractivity contribution in [1.29, 1.82) is 0 Å². The smallest absolute Gasteiger partial charge is 0.170 e. The van der Waals surface area contributed by atoms with Crippen molar-refractivity contribution in [2.45, 2.75) is 20.0 Å². The Labute approximate surface area is 119 Å². The van der Waals surface area contributed by atoms with Gasteiger partial charge in [0.1, 0.15) is 12.4 Å². The minimum atomic E-state index is 0.0865. The van der Waals surface area contributed by atoms with Crippen molar-refractivity contribution in [3.8, 4) is 5.75 Å². The molecule has 6 nitrogen and oxygen atoms in total. The summed E-state index contributed by atoms with van der Waals surface area (Å²) in [4.78, 5) is 0.